The van der Waals surface area contributed by atoms with E-state index in [1.807, 2.05) is 19.2 Å². The fourth-order valence-electron chi connectivity index (χ4n) is 6.78. The van der Waals surface area contributed by atoms with Crippen LogP contribution in [0.15, 0.2) is 24.4 Å². The van der Waals surface area contributed by atoms with Gasteiger partial charge in [0.05, 0.1) is 11.9 Å². The predicted molar refractivity (Wildman–Crippen MR) is 117 cm³/mol. The molecular weight excluding hydrogens is 416 g/mol. The first-order valence-corrected chi connectivity index (χ1v) is 12.8. The van der Waals surface area contributed by atoms with Gasteiger partial charge in [-0.05, 0) is 61.1 Å². The summed E-state index contributed by atoms with van der Waals surface area (Å²) in [7, 11) is -3.67. The highest BCUT2D eigenvalue weighted by atomic mass is 32.2. The van der Waals surface area contributed by atoms with Crippen molar-refractivity contribution in [3.8, 4) is 5.75 Å². The Labute approximate surface area is 182 Å². The molecule has 0 spiro atoms. The van der Waals surface area contributed by atoms with Crippen LogP contribution >= 0.6 is 0 Å². The van der Waals surface area contributed by atoms with Gasteiger partial charge in [-0.3, -0.25) is 4.79 Å². The van der Waals surface area contributed by atoms with Gasteiger partial charge < -0.3 is 19.2 Å². The number of carbonyl (C=O) groups is 1. The van der Waals surface area contributed by atoms with Crippen LogP contribution in [0.4, 0.5) is 0 Å². The summed E-state index contributed by atoms with van der Waals surface area (Å²) in [6.45, 7) is 4.24. The van der Waals surface area contributed by atoms with Crippen molar-refractivity contribution >= 4 is 26.9 Å². The minimum Gasteiger partial charge on any atom is -0.390 e. The highest BCUT2D eigenvalue weighted by molar-refractivity contribution is 7.86. The second-order valence-corrected chi connectivity index (χ2v) is 12.0. The van der Waals surface area contributed by atoms with E-state index in [2.05, 4.69) is 16.8 Å². The summed E-state index contributed by atoms with van der Waals surface area (Å²) in [6.07, 6.45) is 7.34. The average Bonchev–Trinajstić information content (AvgIpc) is 3.03. The molecule has 2 saturated carbocycles. The van der Waals surface area contributed by atoms with Crippen LogP contribution in [-0.4, -0.2) is 53.3 Å². The molecule has 2 aliphatic carbocycles. The number of aromatic amines is 1. The van der Waals surface area contributed by atoms with Crippen molar-refractivity contribution < 1.29 is 22.5 Å². The Morgan fingerprint density at radius 3 is 2.58 bits per heavy atom. The zero-order chi connectivity index (χ0) is 22.2. The minimum absolute atomic E-state index is 0.110. The molecule has 4 bridgehead atoms. The van der Waals surface area contributed by atoms with Gasteiger partial charge in [0.25, 0.3) is 0 Å². The van der Waals surface area contributed by atoms with Crippen LogP contribution in [-0.2, 0) is 14.9 Å². The summed E-state index contributed by atoms with van der Waals surface area (Å²) in [6, 6.07) is 5.47. The zero-order valence-electron chi connectivity index (χ0n) is 18.2. The first kappa shape index (κ1) is 20.8. The van der Waals surface area contributed by atoms with Gasteiger partial charge in [0.15, 0.2) is 5.75 Å². The summed E-state index contributed by atoms with van der Waals surface area (Å²) in [5.74, 6) is 0.284. The molecule has 1 aromatic heterocycles. The third-order valence-electron chi connectivity index (χ3n) is 7.47. The van der Waals surface area contributed by atoms with E-state index in [1.54, 1.807) is 12.1 Å². The molecule has 0 radical (unpaired) electrons. The standard InChI is InChI=1S/C23H30N2O5S/c1-14(17-12-24-18-5-4-6-19(21(17)18)30-31(3,28)29)7-20(26)25-15-8-22(2)9-16(25)11-23(27,10-15)13-22/h4-6,12,14-16,24,27H,7-11,13H2,1-3H3. The van der Waals surface area contributed by atoms with Gasteiger partial charge in [0.1, 0.15) is 0 Å². The van der Waals surface area contributed by atoms with Gasteiger partial charge in [-0.2, -0.15) is 8.42 Å². The summed E-state index contributed by atoms with van der Waals surface area (Å²) in [5.41, 5.74) is 1.17. The number of amides is 1. The van der Waals surface area contributed by atoms with Crippen molar-refractivity contribution in [3.63, 3.8) is 0 Å². The van der Waals surface area contributed by atoms with E-state index in [-0.39, 0.29) is 35.1 Å². The average molecular weight is 447 g/mol. The van der Waals surface area contributed by atoms with E-state index in [0.717, 1.165) is 36.6 Å². The van der Waals surface area contributed by atoms with Crippen molar-refractivity contribution in [2.24, 2.45) is 5.41 Å². The van der Waals surface area contributed by atoms with Crippen LogP contribution in [0.3, 0.4) is 0 Å². The summed E-state index contributed by atoms with van der Waals surface area (Å²) in [4.78, 5) is 18.6. The largest absolute Gasteiger partial charge is 0.390 e. The molecule has 1 aromatic carbocycles. The number of nitrogens with one attached hydrogen (secondary N) is 1. The molecule has 4 fully saturated rings. The van der Waals surface area contributed by atoms with E-state index < -0.39 is 15.7 Å². The van der Waals surface area contributed by atoms with Crippen LogP contribution in [0, 0.1) is 5.41 Å². The van der Waals surface area contributed by atoms with Gasteiger partial charge in [0.2, 0.25) is 5.91 Å². The maximum absolute atomic E-state index is 13.4. The fraction of sp³-hybridized carbons (Fsp3) is 0.609. The van der Waals surface area contributed by atoms with Crippen LogP contribution in [0.2, 0.25) is 0 Å². The number of fused-ring (bicyclic) bond motifs is 1. The second kappa shape index (κ2) is 6.72. The van der Waals surface area contributed by atoms with E-state index in [1.165, 1.54) is 0 Å². The van der Waals surface area contributed by atoms with Gasteiger partial charge in [-0.15, -0.1) is 0 Å². The molecule has 4 aliphatic rings. The Bertz CT molecular complexity index is 1120. The Morgan fingerprint density at radius 2 is 1.97 bits per heavy atom. The Balaban J connectivity index is 1.39. The molecule has 168 valence electrons. The molecule has 6 rings (SSSR count). The maximum atomic E-state index is 13.4. The number of aromatic nitrogens is 1. The van der Waals surface area contributed by atoms with E-state index in [4.69, 9.17) is 4.18 Å². The molecule has 3 atom stereocenters. The molecule has 2 N–H and O–H groups in total. The smallest absolute Gasteiger partial charge is 0.306 e. The highest BCUT2D eigenvalue weighted by Crippen LogP contribution is 2.57. The van der Waals surface area contributed by atoms with Crippen molar-refractivity contribution in [1.82, 2.24) is 9.88 Å². The Kier molecular flexibility index (Phi) is 4.51. The lowest BCUT2D eigenvalue weighted by Crippen LogP contribution is -2.68. The first-order chi connectivity index (χ1) is 14.5. The molecule has 3 unspecified atom stereocenters. The Morgan fingerprint density at radius 1 is 1.29 bits per heavy atom. The number of piperidine rings is 2. The molecule has 2 aliphatic heterocycles. The number of hydrogen-bond acceptors (Lipinski definition) is 5. The zero-order valence-corrected chi connectivity index (χ0v) is 19.0. The number of rotatable bonds is 5. The lowest BCUT2D eigenvalue weighted by Gasteiger charge is -2.63. The molecule has 2 saturated heterocycles. The monoisotopic (exact) mass is 446 g/mol. The molecular formula is C23H30N2O5S. The number of nitrogens with zero attached hydrogens (tertiary/aromatic N) is 1. The van der Waals surface area contributed by atoms with Gasteiger partial charge in [-0.1, -0.05) is 19.9 Å². The molecule has 1 amide bonds. The number of carbonyl (C=O) groups excluding carboxylic acids is 1. The van der Waals surface area contributed by atoms with Crippen molar-refractivity contribution in [1.29, 1.82) is 0 Å². The van der Waals surface area contributed by atoms with Gasteiger partial charge >= 0.3 is 10.1 Å². The normalized spacial score (nSPS) is 33.1. The summed E-state index contributed by atoms with van der Waals surface area (Å²) in [5, 5.41) is 11.6. The quantitative estimate of drug-likeness (QED) is 0.687. The topological polar surface area (TPSA) is 99.7 Å². The SMILES string of the molecule is CC(CC(=O)N1C2CC3(C)CC1CC(O)(C2)C3)c1c[nH]c2cccc(OS(C)(=O)=O)c12. The molecule has 31 heavy (non-hydrogen) atoms. The van der Waals surface area contributed by atoms with Crippen molar-refractivity contribution in [3.05, 3.63) is 30.0 Å². The van der Waals surface area contributed by atoms with Crippen LogP contribution < -0.4 is 4.18 Å². The maximum Gasteiger partial charge on any atom is 0.306 e. The molecule has 2 aromatic rings. The molecule has 3 heterocycles. The molecule has 7 nitrogen and oxygen atoms in total. The van der Waals surface area contributed by atoms with Gasteiger partial charge in [0, 0.05) is 35.6 Å². The van der Waals surface area contributed by atoms with Crippen molar-refractivity contribution in [2.45, 2.75) is 76.0 Å². The lowest BCUT2D eigenvalue weighted by molar-refractivity contribution is -0.193. The first-order valence-electron chi connectivity index (χ1n) is 11.0. The molecule has 8 heteroatoms. The number of H-pyrrole nitrogens is 1. The minimum atomic E-state index is -3.67. The predicted octanol–water partition coefficient (Wildman–Crippen LogP) is 3.29. The van der Waals surface area contributed by atoms with E-state index in [0.29, 0.717) is 24.6 Å². The summed E-state index contributed by atoms with van der Waals surface area (Å²) >= 11 is 0. The van der Waals surface area contributed by atoms with Gasteiger partial charge in [-0.25, -0.2) is 0 Å². The Hall–Kier alpha value is -2.06. The number of hydrogen-bond donors (Lipinski definition) is 2. The van der Waals surface area contributed by atoms with Crippen LogP contribution in [0.25, 0.3) is 10.9 Å². The van der Waals surface area contributed by atoms with E-state index in [9.17, 15) is 18.3 Å². The lowest BCUT2D eigenvalue weighted by atomic mass is 9.54. The van der Waals surface area contributed by atoms with Crippen LogP contribution in [0.1, 0.15) is 63.9 Å². The number of aliphatic hydroxyl groups is 1. The summed E-state index contributed by atoms with van der Waals surface area (Å²) < 4.78 is 28.6. The third kappa shape index (κ3) is 3.63. The second-order valence-electron chi connectivity index (χ2n) is 10.5. The third-order valence-corrected chi connectivity index (χ3v) is 7.95. The number of benzene rings is 1. The highest BCUT2D eigenvalue weighted by Gasteiger charge is 2.59. The fourth-order valence-corrected chi connectivity index (χ4v) is 7.25. The van der Waals surface area contributed by atoms with Crippen LogP contribution in [0.5, 0.6) is 5.75 Å². The van der Waals surface area contributed by atoms with E-state index >= 15 is 0 Å². The van der Waals surface area contributed by atoms with Crippen molar-refractivity contribution in [2.75, 3.05) is 6.26 Å².